The highest BCUT2D eigenvalue weighted by Gasteiger charge is 2.51. The first kappa shape index (κ1) is 20.4. The molecule has 0 unspecified atom stereocenters. The zero-order valence-corrected chi connectivity index (χ0v) is 17.6. The summed E-state index contributed by atoms with van der Waals surface area (Å²) in [6.45, 7) is 3.69. The van der Waals surface area contributed by atoms with Crippen molar-refractivity contribution in [3.63, 3.8) is 0 Å². The second-order valence-electron chi connectivity index (χ2n) is 8.73. The minimum absolute atomic E-state index is 0.167. The molecule has 1 spiro atoms. The number of amides is 2. The summed E-state index contributed by atoms with van der Waals surface area (Å²) >= 11 is 6.47. The molecule has 3 heterocycles. The summed E-state index contributed by atoms with van der Waals surface area (Å²) in [5.74, 6) is 0.765. The maximum Gasteiger partial charge on any atom is 0.230 e. The van der Waals surface area contributed by atoms with Crippen molar-refractivity contribution in [2.24, 2.45) is 5.41 Å². The summed E-state index contributed by atoms with van der Waals surface area (Å²) in [5.41, 5.74) is 0.205. The van der Waals surface area contributed by atoms with Gasteiger partial charge in [0.1, 0.15) is 5.82 Å². The van der Waals surface area contributed by atoms with E-state index in [0.29, 0.717) is 23.1 Å². The summed E-state index contributed by atoms with van der Waals surface area (Å²) in [4.78, 5) is 33.4. The van der Waals surface area contributed by atoms with Crippen LogP contribution >= 0.6 is 11.6 Å². The van der Waals surface area contributed by atoms with E-state index in [1.807, 2.05) is 0 Å². The van der Waals surface area contributed by atoms with Gasteiger partial charge in [0.25, 0.3) is 0 Å². The third-order valence-corrected chi connectivity index (χ3v) is 6.95. The summed E-state index contributed by atoms with van der Waals surface area (Å²) < 4.78 is 0. The van der Waals surface area contributed by atoms with Gasteiger partial charge in [-0.25, -0.2) is 4.98 Å². The number of hydrogen-bond donors (Lipinski definition) is 2. The molecule has 2 aliphatic heterocycles. The van der Waals surface area contributed by atoms with Crippen molar-refractivity contribution in [1.82, 2.24) is 9.88 Å². The molecule has 8 heteroatoms. The molecular formula is C21H29ClN4O3. The topological polar surface area (TPSA) is 85.8 Å². The van der Waals surface area contributed by atoms with Gasteiger partial charge in [0.15, 0.2) is 0 Å². The molecule has 4 rings (SSSR count). The molecule has 29 heavy (non-hydrogen) atoms. The van der Waals surface area contributed by atoms with Gasteiger partial charge >= 0.3 is 0 Å². The Morgan fingerprint density at radius 3 is 2.72 bits per heavy atom. The lowest BCUT2D eigenvalue weighted by molar-refractivity contribution is -0.139. The Bertz CT molecular complexity index is 796. The second kappa shape index (κ2) is 8.11. The van der Waals surface area contributed by atoms with Crippen LogP contribution in [0.5, 0.6) is 0 Å². The molecule has 0 aromatic carbocycles. The number of aliphatic hydroxyl groups excluding tert-OH is 1. The van der Waals surface area contributed by atoms with Crippen LogP contribution in [0.1, 0.15) is 51.9 Å². The third kappa shape index (κ3) is 4.08. The number of carbonyl (C=O) groups excluding carboxylic acids is 2. The van der Waals surface area contributed by atoms with Gasteiger partial charge < -0.3 is 20.2 Å². The van der Waals surface area contributed by atoms with Crippen LogP contribution in [-0.2, 0) is 9.59 Å². The van der Waals surface area contributed by atoms with Gasteiger partial charge in [-0.3, -0.25) is 9.59 Å². The smallest absolute Gasteiger partial charge is 0.230 e. The van der Waals surface area contributed by atoms with Crippen LogP contribution in [0.3, 0.4) is 0 Å². The van der Waals surface area contributed by atoms with Crippen LogP contribution in [-0.4, -0.2) is 58.6 Å². The van der Waals surface area contributed by atoms with Crippen molar-refractivity contribution in [1.29, 1.82) is 0 Å². The SMILES string of the molecule is CC(=O)Nc1cnc(N2CCC[C@@]3(CCN(C4CCC(O)CC4)C3=O)C2)c(Cl)c1. The zero-order chi connectivity index (χ0) is 20.6. The third-order valence-electron chi connectivity index (χ3n) is 6.67. The van der Waals surface area contributed by atoms with E-state index in [1.54, 1.807) is 12.3 Å². The number of nitrogens with one attached hydrogen (secondary N) is 1. The molecule has 1 aromatic rings. The Hall–Kier alpha value is -1.86. The molecule has 7 nitrogen and oxygen atoms in total. The number of halogens is 1. The largest absolute Gasteiger partial charge is 0.393 e. The van der Waals surface area contributed by atoms with Crippen LogP contribution in [0.2, 0.25) is 5.02 Å². The first-order valence-corrected chi connectivity index (χ1v) is 10.9. The van der Waals surface area contributed by atoms with Crippen molar-refractivity contribution in [2.75, 3.05) is 29.9 Å². The number of pyridine rings is 1. The standard InChI is InChI=1S/C21H29ClN4O3/c1-14(27)24-15-11-18(22)19(23-12-15)25-9-2-7-21(13-25)8-10-26(20(21)29)16-3-5-17(28)6-4-16/h11-12,16-17,28H,2-10,13H2,1H3,(H,24,27)/t16?,17?,21-/m1/s1. The molecule has 3 fully saturated rings. The highest BCUT2D eigenvalue weighted by molar-refractivity contribution is 6.33. The Kier molecular flexibility index (Phi) is 5.71. The fourth-order valence-corrected chi connectivity index (χ4v) is 5.48. The molecule has 0 radical (unpaired) electrons. The maximum absolute atomic E-state index is 13.4. The van der Waals surface area contributed by atoms with Crippen LogP contribution < -0.4 is 10.2 Å². The van der Waals surface area contributed by atoms with Crippen molar-refractivity contribution in [3.8, 4) is 0 Å². The number of aromatic nitrogens is 1. The molecule has 1 saturated carbocycles. The lowest BCUT2D eigenvalue weighted by atomic mass is 9.78. The molecule has 0 bridgehead atoms. The molecule has 158 valence electrons. The highest BCUT2D eigenvalue weighted by Crippen LogP contribution is 2.44. The number of rotatable bonds is 3. The van der Waals surface area contributed by atoms with E-state index in [9.17, 15) is 14.7 Å². The molecule has 1 aliphatic carbocycles. The highest BCUT2D eigenvalue weighted by atomic mass is 35.5. The van der Waals surface area contributed by atoms with Crippen LogP contribution in [0.25, 0.3) is 0 Å². The van der Waals surface area contributed by atoms with Crippen LogP contribution in [0.4, 0.5) is 11.5 Å². The molecule has 2 saturated heterocycles. The van der Waals surface area contributed by atoms with E-state index in [-0.39, 0.29) is 29.4 Å². The van der Waals surface area contributed by atoms with E-state index in [4.69, 9.17) is 11.6 Å². The minimum atomic E-state index is -0.365. The average Bonchev–Trinajstić information content (AvgIpc) is 2.98. The van der Waals surface area contributed by atoms with Crippen molar-refractivity contribution in [3.05, 3.63) is 17.3 Å². The van der Waals surface area contributed by atoms with E-state index < -0.39 is 0 Å². The Labute approximate surface area is 176 Å². The lowest BCUT2D eigenvalue weighted by Crippen LogP contribution is -2.50. The second-order valence-corrected chi connectivity index (χ2v) is 9.13. The van der Waals surface area contributed by atoms with Crippen molar-refractivity contribution in [2.45, 2.75) is 64.0 Å². The molecular weight excluding hydrogens is 392 g/mol. The number of likely N-dealkylation sites (tertiary alicyclic amines) is 1. The first-order chi connectivity index (χ1) is 13.9. The number of aliphatic hydroxyl groups is 1. The van der Waals surface area contributed by atoms with Crippen molar-refractivity contribution < 1.29 is 14.7 Å². The summed E-state index contributed by atoms with van der Waals surface area (Å²) in [7, 11) is 0. The number of carbonyl (C=O) groups is 2. The normalized spacial score (nSPS) is 30.1. The number of piperidine rings is 1. The Balaban J connectivity index is 1.48. The minimum Gasteiger partial charge on any atom is -0.393 e. The number of nitrogens with zero attached hydrogens (tertiary/aromatic N) is 3. The van der Waals surface area contributed by atoms with E-state index >= 15 is 0 Å². The van der Waals surface area contributed by atoms with Crippen molar-refractivity contribution >= 4 is 34.9 Å². The Morgan fingerprint density at radius 1 is 1.28 bits per heavy atom. The first-order valence-electron chi connectivity index (χ1n) is 10.6. The average molecular weight is 421 g/mol. The molecule has 1 aromatic heterocycles. The molecule has 2 N–H and O–H groups in total. The maximum atomic E-state index is 13.4. The van der Waals surface area contributed by atoms with Crippen LogP contribution in [0.15, 0.2) is 12.3 Å². The fourth-order valence-electron chi connectivity index (χ4n) is 5.19. The van der Waals surface area contributed by atoms with Gasteiger partial charge in [0.2, 0.25) is 11.8 Å². The van der Waals surface area contributed by atoms with Crippen LogP contribution in [0, 0.1) is 5.41 Å². The Morgan fingerprint density at radius 2 is 2.03 bits per heavy atom. The zero-order valence-electron chi connectivity index (χ0n) is 16.9. The predicted octanol–water partition coefficient (Wildman–Crippen LogP) is 2.82. The number of hydrogen-bond acceptors (Lipinski definition) is 5. The van der Waals surface area contributed by atoms with Gasteiger partial charge in [0, 0.05) is 32.6 Å². The fraction of sp³-hybridized carbons (Fsp3) is 0.667. The number of anilines is 2. The van der Waals surface area contributed by atoms with Gasteiger partial charge in [-0.2, -0.15) is 0 Å². The molecule has 1 atom stereocenters. The molecule has 2 amide bonds. The van der Waals surface area contributed by atoms with Gasteiger partial charge in [-0.05, 0) is 51.0 Å². The quantitative estimate of drug-likeness (QED) is 0.785. The van der Waals surface area contributed by atoms with Gasteiger partial charge in [-0.1, -0.05) is 11.6 Å². The van der Waals surface area contributed by atoms with Gasteiger partial charge in [-0.15, -0.1) is 0 Å². The predicted molar refractivity (Wildman–Crippen MR) is 112 cm³/mol. The van der Waals surface area contributed by atoms with E-state index in [1.165, 1.54) is 6.92 Å². The summed E-state index contributed by atoms with van der Waals surface area (Å²) in [5, 5.41) is 13.0. The van der Waals surface area contributed by atoms with E-state index in [2.05, 4.69) is 20.1 Å². The summed E-state index contributed by atoms with van der Waals surface area (Å²) in [6, 6.07) is 1.97. The summed E-state index contributed by atoms with van der Waals surface area (Å²) in [6.07, 6.45) is 7.45. The molecule has 3 aliphatic rings. The monoisotopic (exact) mass is 420 g/mol. The van der Waals surface area contributed by atoms with E-state index in [0.717, 1.165) is 58.0 Å². The lowest BCUT2D eigenvalue weighted by Gasteiger charge is -2.41. The van der Waals surface area contributed by atoms with Gasteiger partial charge in [0.05, 0.1) is 28.4 Å².